The maximum Gasteiger partial charge on any atom is 0.147 e. The molecule has 0 aliphatic carbocycles. The van der Waals surface area contributed by atoms with Crippen molar-refractivity contribution in [3.8, 4) is 0 Å². The molecular weight excluding hydrogens is 259 g/mol. The number of likely N-dealkylation sites (N-methyl/N-ethyl adjacent to an activating group) is 1. The van der Waals surface area contributed by atoms with E-state index in [0.717, 1.165) is 19.5 Å². The SMILES string of the molecule is CN1CCCC(Nc2nc(N)c(Cl)cc2Cl)C1. The molecule has 0 radical (unpaired) electrons. The van der Waals surface area contributed by atoms with Gasteiger partial charge in [-0.15, -0.1) is 0 Å². The Kier molecular flexibility index (Phi) is 3.97. The minimum Gasteiger partial charge on any atom is -0.382 e. The van der Waals surface area contributed by atoms with E-state index >= 15 is 0 Å². The lowest BCUT2D eigenvalue weighted by atomic mass is 10.1. The van der Waals surface area contributed by atoms with E-state index < -0.39 is 0 Å². The number of nitrogens with two attached hydrogens (primary N) is 1. The number of hydrogen-bond acceptors (Lipinski definition) is 4. The summed E-state index contributed by atoms with van der Waals surface area (Å²) < 4.78 is 0. The number of halogens is 2. The van der Waals surface area contributed by atoms with Gasteiger partial charge in [0.15, 0.2) is 0 Å². The van der Waals surface area contributed by atoms with Crippen molar-refractivity contribution in [3.63, 3.8) is 0 Å². The third-order valence-electron chi connectivity index (χ3n) is 2.92. The molecule has 0 spiro atoms. The molecule has 0 aromatic carbocycles. The third kappa shape index (κ3) is 3.15. The molecule has 1 fully saturated rings. The first-order valence-corrected chi connectivity index (χ1v) is 6.38. The molecule has 0 bridgehead atoms. The van der Waals surface area contributed by atoms with E-state index in [-0.39, 0.29) is 0 Å². The molecule has 6 heteroatoms. The Morgan fingerprint density at radius 3 is 2.94 bits per heavy atom. The van der Waals surface area contributed by atoms with Crippen molar-refractivity contribution in [2.45, 2.75) is 18.9 Å². The summed E-state index contributed by atoms with van der Waals surface area (Å²) in [4.78, 5) is 6.46. The van der Waals surface area contributed by atoms with Gasteiger partial charge in [-0.2, -0.15) is 0 Å². The molecule has 2 heterocycles. The fourth-order valence-electron chi connectivity index (χ4n) is 2.06. The number of pyridine rings is 1. The highest BCUT2D eigenvalue weighted by molar-refractivity contribution is 6.37. The first-order chi connectivity index (χ1) is 8.06. The number of nitrogen functional groups attached to an aromatic ring is 1. The zero-order valence-electron chi connectivity index (χ0n) is 9.71. The molecule has 2 rings (SSSR count). The van der Waals surface area contributed by atoms with E-state index in [1.54, 1.807) is 6.07 Å². The third-order valence-corrected chi connectivity index (χ3v) is 3.51. The van der Waals surface area contributed by atoms with Gasteiger partial charge in [0.25, 0.3) is 0 Å². The molecular formula is C11H16Cl2N4. The largest absolute Gasteiger partial charge is 0.382 e. The summed E-state index contributed by atoms with van der Waals surface area (Å²) in [5.41, 5.74) is 5.67. The first kappa shape index (κ1) is 12.7. The van der Waals surface area contributed by atoms with Gasteiger partial charge in [-0.1, -0.05) is 23.2 Å². The second-order valence-electron chi connectivity index (χ2n) is 4.43. The van der Waals surface area contributed by atoms with Gasteiger partial charge in [0, 0.05) is 12.6 Å². The van der Waals surface area contributed by atoms with Crippen molar-refractivity contribution in [1.29, 1.82) is 0 Å². The predicted molar refractivity (Wildman–Crippen MR) is 72.8 cm³/mol. The van der Waals surface area contributed by atoms with Crippen molar-refractivity contribution < 1.29 is 0 Å². The van der Waals surface area contributed by atoms with Crippen molar-refractivity contribution in [2.24, 2.45) is 0 Å². The van der Waals surface area contributed by atoms with Crippen molar-refractivity contribution in [3.05, 3.63) is 16.1 Å². The number of anilines is 2. The maximum atomic E-state index is 6.08. The number of nitrogens with one attached hydrogen (secondary N) is 1. The molecule has 0 amide bonds. The Balaban J connectivity index is 2.10. The number of piperidine rings is 1. The van der Waals surface area contributed by atoms with Crippen LogP contribution in [0, 0.1) is 0 Å². The van der Waals surface area contributed by atoms with E-state index in [9.17, 15) is 0 Å². The summed E-state index contributed by atoms with van der Waals surface area (Å²) in [6.07, 6.45) is 2.29. The second-order valence-corrected chi connectivity index (χ2v) is 5.25. The fourth-order valence-corrected chi connectivity index (χ4v) is 2.47. The molecule has 1 aliphatic rings. The molecule has 1 atom stereocenters. The van der Waals surface area contributed by atoms with Crippen LogP contribution < -0.4 is 11.1 Å². The average molecular weight is 275 g/mol. The van der Waals surface area contributed by atoms with E-state index in [1.165, 1.54) is 6.42 Å². The molecule has 1 aromatic heterocycles. The van der Waals surface area contributed by atoms with Gasteiger partial charge >= 0.3 is 0 Å². The van der Waals surface area contributed by atoms with Crippen molar-refractivity contribution in [2.75, 3.05) is 31.2 Å². The Hall–Kier alpha value is -0.710. The molecule has 4 nitrogen and oxygen atoms in total. The van der Waals surface area contributed by atoms with Crippen LogP contribution in [0.4, 0.5) is 11.6 Å². The molecule has 1 aromatic rings. The number of nitrogens with zero attached hydrogens (tertiary/aromatic N) is 2. The number of rotatable bonds is 2. The highest BCUT2D eigenvalue weighted by Gasteiger charge is 2.18. The Morgan fingerprint density at radius 1 is 1.47 bits per heavy atom. The lowest BCUT2D eigenvalue weighted by Crippen LogP contribution is -2.40. The number of hydrogen-bond donors (Lipinski definition) is 2. The Labute approximate surface area is 111 Å². The molecule has 94 valence electrons. The summed E-state index contributed by atoms with van der Waals surface area (Å²) in [5.74, 6) is 0.927. The first-order valence-electron chi connectivity index (χ1n) is 5.63. The van der Waals surface area contributed by atoms with E-state index in [1.807, 2.05) is 0 Å². The summed E-state index contributed by atoms with van der Waals surface area (Å²) in [6, 6.07) is 1.99. The van der Waals surface area contributed by atoms with Crippen LogP contribution in [0.5, 0.6) is 0 Å². The van der Waals surface area contributed by atoms with E-state index in [2.05, 4.69) is 22.2 Å². The maximum absolute atomic E-state index is 6.08. The summed E-state index contributed by atoms with van der Waals surface area (Å²) >= 11 is 11.9. The Bertz CT molecular complexity index is 411. The van der Waals surface area contributed by atoms with Crippen molar-refractivity contribution in [1.82, 2.24) is 9.88 Å². The van der Waals surface area contributed by atoms with Crippen molar-refractivity contribution >= 4 is 34.8 Å². The van der Waals surface area contributed by atoms with Crippen LogP contribution in [0.2, 0.25) is 10.0 Å². The molecule has 1 unspecified atom stereocenters. The summed E-state index contributed by atoms with van der Waals surface area (Å²) in [6.45, 7) is 2.13. The normalized spacial score (nSPS) is 21.5. The molecule has 17 heavy (non-hydrogen) atoms. The summed E-state index contributed by atoms with van der Waals surface area (Å²) in [5, 5.41) is 4.23. The van der Waals surface area contributed by atoms with Crippen LogP contribution in [-0.2, 0) is 0 Å². The minimum atomic E-state index is 0.308. The van der Waals surface area contributed by atoms with Crippen LogP contribution in [-0.4, -0.2) is 36.1 Å². The van der Waals surface area contributed by atoms with Gasteiger partial charge < -0.3 is 16.0 Å². The second kappa shape index (κ2) is 5.29. The van der Waals surface area contributed by atoms with Gasteiger partial charge in [-0.25, -0.2) is 4.98 Å². The molecule has 0 saturated carbocycles. The van der Waals surface area contributed by atoms with Crippen LogP contribution >= 0.6 is 23.2 Å². The van der Waals surface area contributed by atoms with Crippen LogP contribution in [0.1, 0.15) is 12.8 Å². The fraction of sp³-hybridized carbons (Fsp3) is 0.545. The van der Waals surface area contributed by atoms with Gasteiger partial charge in [-0.3, -0.25) is 0 Å². The predicted octanol–water partition coefficient (Wildman–Crippen LogP) is 2.48. The van der Waals surface area contributed by atoms with Gasteiger partial charge in [0.05, 0.1) is 10.0 Å². The Morgan fingerprint density at radius 2 is 2.24 bits per heavy atom. The summed E-state index contributed by atoms with van der Waals surface area (Å²) in [7, 11) is 2.11. The highest BCUT2D eigenvalue weighted by Crippen LogP contribution is 2.28. The zero-order chi connectivity index (χ0) is 12.4. The molecule has 1 saturated heterocycles. The average Bonchev–Trinajstić information content (AvgIpc) is 2.26. The monoisotopic (exact) mass is 274 g/mol. The van der Waals surface area contributed by atoms with Crippen LogP contribution in [0.15, 0.2) is 6.07 Å². The van der Waals surface area contributed by atoms with Gasteiger partial charge in [0.1, 0.15) is 11.6 Å². The number of aromatic nitrogens is 1. The minimum absolute atomic E-state index is 0.308. The van der Waals surface area contributed by atoms with E-state index in [0.29, 0.717) is 27.7 Å². The van der Waals surface area contributed by atoms with Crippen LogP contribution in [0.25, 0.3) is 0 Å². The quantitative estimate of drug-likeness (QED) is 0.870. The standard InChI is InChI=1S/C11H16Cl2N4/c1-17-4-2-3-7(6-17)15-11-9(13)5-8(12)10(14)16-11/h5,7H,2-4,6H2,1H3,(H3,14,15,16). The van der Waals surface area contributed by atoms with E-state index in [4.69, 9.17) is 28.9 Å². The lowest BCUT2D eigenvalue weighted by molar-refractivity contribution is 0.261. The zero-order valence-corrected chi connectivity index (χ0v) is 11.2. The van der Waals surface area contributed by atoms with Gasteiger partial charge in [0.2, 0.25) is 0 Å². The lowest BCUT2D eigenvalue weighted by Gasteiger charge is -2.30. The highest BCUT2D eigenvalue weighted by atomic mass is 35.5. The van der Waals surface area contributed by atoms with Crippen LogP contribution in [0.3, 0.4) is 0 Å². The smallest absolute Gasteiger partial charge is 0.147 e. The molecule has 1 aliphatic heterocycles. The number of likely N-dealkylation sites (tertiary alicyclic amines) is 1. The molecule has 3 N–H and O–H groups in total. The van der Waals surface area contributed by atoms with Gasteiger partial charge in [-0.05, 0) is 32.5 Å². The topological polar surface area (TPSA) is 54.2 Å².